The summed E-state index contributed by atoms with van der Waals surface area (Å²) < 4.78 is 7.16. The van der Waals surface area contributed by atoms with Gasteiger partial charge in [-0.25, -0.2) is 9.97 Å². The van der Waals surface area contributed by atoms with Crippen LogP contribution in [0.2, 0.25) is 0 Å². The van der Waals surface area contributed by atoms with Gasteiger partial charge in [-0.15, -0.1) is 0 Å². The van der Waals surface area contributed by atoms with E-state index in [0.29, 0.717) is 18.9 Å². The fraction of sp³-hybridized carbons (Fsp3) is 0.571. The van der Waals surface area contributed by atoms with E-state index in [4.69, 9.17) is 4.74 Å². The van der Waals surface area contributed by atoms with E-state index in [0.717, 1.165) is 73.9 Å². The van der Waals surface area contributed by atoms with Gasteiger partial charge in [0, 0.05) is 25.0 Å². The van der Waals surface area contributed by atoms with Gasteiger partial charge < -0.3 is 9.22 Å². The number of nitrogens with zero attached hydrogens (tertiary/aromatic N) is 3. The van der Waals surface area contributed by atoms with Crippen LogP contribution in [-0.4, -0.2) is 58.5 Å². The summed E-state index contributed by atoms with van der Waals surface area (Å²) in [5.41, 5.74) is 1.34. The summed E-state index contributed by atoms with van der Waals surface area (Å²) in [6.07, 6.45) is 11.7. The normalized spacial score (nSPS) is 28.1. The highest BCUT2D eigenvalue weighted by Gasteiger charge is 2.50. The Hall–Kier alpha value is -2.60. The second kappa shape index (κ2) is 9.95. The van der Waals surface area contributed by atoms with Gasteiger partial charge in [0.25, 0.3) is 0 Å². The molecule has 2 bridgehead atoms. The maximum absolute atomic E-state index is 13.9. The van der Waals surface area contributed by atoms with Gasteiger partial charge >= 0.3 is 5.97 Å². The molecule has 2 aromatic rings. The van der Waals surface area contributed by atoms with Crippen molar-refractivity contribution in [2.45, 2.75) is 69.3 Å². The third kappa shape index (κ3) is 4.78. The Morgan fingerprint density at radius 1 is 1.00 bits per heavy atom. The summed E-state index contributed by atoms with van der Waals surface area (Å²) in [4.78, 5) is 35.0. The number of hydrogen-bond donors (Lipinski definition) is 0. The molecule has 4 aliphatic rings. The fourth-order valence-electron chi connectivity index (χ4n) is 6.58. The summed E-state index contributed by atoms with van der Waals surface area (Å²) in [7, 11) is 0. The second-order valence-corrected chi connectivity index (χ2v) is 10.7. The number of ether oxygens (including phenoxy) is 1. The average molecular weight is 463 g/mol. The molecule has 6 heteroatoms. The van der Waals surface area contributed by atoms with Crippen molar-refractivity contribution in [3.8, 4) is 0 Å². The molecule has 3 aliphatic heterocycles. The highest BCUT2D eigenvalue weighted by atomic mass is 16.5. The number of carbonyl (C=O) groups is 2. The molecule has 1 atom stereocenters. The number of quaternary nitrogens is 1. The third-order valence-electron chi connectivity index (χ3n) is 8.51. The summed E-state index contributed by atoms with van der Waals surface area (Å²) in [5, 5.41) is 0. The lowest BCUT2D eigenvalue weighted by Gasteiger charge is -2.52. The standard InChI is InChI=1S/C28H36N3O3/c32-25(18-24-10-15-29-21-30-24)19-31-16-11-22(12-17-31)26(20-31)34-27(33)28(13-6-1-2-7-14-28)23-8-4-3-5-9-23/h3-5,8-10,15,21-22,26H,1-2,6-7,11-14,16-20H2/q+1/t22?,26-,31?/m0/s1. The van der Waals surface area contributed by atoms with Crippen molar-refractivity contribution >= 4 is 11.8 Å². The topological polar surface area (TPSA) is 69.2 Å². The van der Waals surface area contributed by atoms with Gasteiger partial charge in [-0.2, -0.15) is 0 Å². The minimum atomic E-state index is -0.530. The van der Waals surface area contributed by atoms with E-state index >= 15 is 0 Å². The first-order valence-corrected chi connectivity index (χ1v) is 13.0. The SMILES string of the molecule is O=C(Cc1ccncn1)C[N+]12CCC(CC1)[C@@H](OC(=O)C1(c3ccccc3)CCCCCC1)C2. The van der Waals surface area contributed by atoms with Crippen molar-refractivity contribution in [3.05, 3.63) is 60.2 Å². The molecule has 180 valence electrons. The van der Waals surface area contributed by atoms with Gasteiger partial charge in [0.2, 0.25) is 0 Å². The first-order chi connectivity index (χ1) is 16.6. The number of hydrogen-bond acceptors (Lipinski definition) is 5. The fourth-order valence-corrected chi connectivity index (χ4v) is 6.58. The average Bonchev–Trinajstić information content (AvgIpc) is 3.13. The largest absolute Gasteiger partial charge is 0.455 e. The third-order valence-corrected chi connectivity index (χ3v) is 8.51. The minimum absolute atomic E-state index is 0.0372. The van der Waals surface area contributed by atoms with E-state index in [1.165, 1.54) is 19.2 Å². The summed E-state index contributed by atoms with van der Waals surface area (Å²) >= 11 is 0. The van der Waals surface area contributed by atoms with Gasteiger partial charge in [0.1, 0.15) is 19.4 Å². The molecular formula is C28H36N3O3+. The Kier molecular flexibility index (Phi) is 6.77. The van der Waals surface area contributed by atoms with Crippen LogP contribution in [0.3, 0.4) is 0 Å². The number of benzene rings is 1. The van der Waals surface area contributed by atoms with Crippen molar-refractivity contribution < 1.29 is 18.8 Å². The maximum Gasteiger partial charge on any atom is 0.317 e. The van der Waals surface area contributed by atoms with Crippen molar-refractivity contribution in [1.82, 2.24) is 9.97 Å². The predicted octanol–water partition coefficient (Wildman–Crippen LogP) is 4.03. The van der Waals surface area contributed by atoms with Crippen LogP contribution in [-0.2, 0) is 26.2 Å². The number of aromatic nitrogens is 2. The first kappa shape index (κ1) is 23.2. The molecule has 0 radical (unpaired) electrons. The van der Waals surface area contributed by atoms with Crippen LogP contribution in [0.4, 0.5) is 0 Å². The van der Waals surface area contributed by atoms with E-state index in [9.17, 15) is 9.59 Å². The van der Waals surface area contributed by atoms with Gasteiger partial charge in [0.05, 0.1) is 30.6 Å². The molecule has 1 aromatic carbocycles. The van der Waals surface area contributed by atoms with Crippen LogP contribution < -0.4 is 0 Å². The lowest BCUT2D eigenvalue weighted by Crippen LogP contribution is -2.66. The molecule has 0 spiro atoms. The quantitative estimate of drug-likeness (QED) is 0.353. The van der Waals surface area contributed by atoms with Crippen LogP contribution in [0.25, 0.3) is 0 Å². The number of fused-ring (bicyclic) bond motifs is 3. The summed E-state index contributed by atoms with van der Waals surface area (Å²) in [5.74, 6) is 0.581. The number of Topliss-reactive ketones (excluding diaryl/α,β-unsaturated/α-hetero) is 1. The van der Waals surface area contributed by atoms with Crippen LogP contribution in [0.1, 0.15) is 62.6 Å². The zero-order chi connectivity index (χ0) is 23.4. The lowest BCUT2D eigenvalue weighted by molar-refractivity contribution is -0.939. The summed E-state index contributed by atoms with van der Waals surface area (Å²) in [6.45, 7) is 3.25. The van der Waals surface area contributed by atoms with Gasteiger partial charge in [-0.05, 0) is 24.5 Å². The Balaban J connectivity index is 1.30. The summed E-state index contributed by atoms with van der Waals surface area (Å²) in [6, 6.07) is 12.1. The number of esters is 1. The van der Waals surface area contributed by atoms with Crippen LogP contribution in [0, 0.1) is 5.92 Å². The van der Waals surface area contributed by atoms with Crippen LogP contribution in [0.5, 0.6) is 0 Å². The van der Waals surface area contributed by atoms with E-state index in [-0.39, 0.29) is 17.9 Å². The molecule has 0 unspecified atom stereocenters. The van der Waals surface area contributed by atoms with E-state index in [1.54, 1.807) is 12.3 Å². The Morgan fingerprint density at radius 2 is 1.74 bits per heavy atom. The van der Waals surface area contributed by atoms with E-state index in [2.05, 4.69) is 22.1 Å². The van der Waals surface area contributed by atoms with Crippen molar-refractivity contribution in [2.75, 3.05) is 26.2 Å². The van der Waals surface area contributed by atoms with Crippen LogP contribution >= 0.6 is 0 Å². The van der Waals surface area contributed by atoms with Gasteiger partial charge in [-0.1, -0.05) is 56.0 Å². The minimum Gasteiger partial charge on any atom is -0.455 e. The second-order valence-electron chi connectivity index (χ2n) is 10.7. The van der Waals surface area contributed by atoms with Crippen molar-refractivity contribution in [1.29, 1.82) is 0 Å². The monoisotopic (exact) mass is 462 g/mol. The molecule has 0 N–H and O–H groups in total. The molecule has 6 rings (SSSR count). The van der Waals surface area contributed by atoms with Gasteiger partial charge in [-0.3, -0.25) is 9.59 Å². The number of rotatable bonds is 7. The van der Waals surface area contributed by atoms with Crippen LogP contribution in [0.15, 0.2) is 48.9 Å². The van der Waals surface area contributed by atoms with Gasteiger partial charge in [0.15, 0.2) is 11.9 Å². The highest BCUT2D eigenvalue weighted by molar-refractivity contribution is 5.83. The molecular weight excluding hydrogens is 426 g/mol. The lowest BCUT2D eigenvalue weighted by atomic mass is 9.74. The predicted molar refractivity (Wildman–Crippen MR) is 129 cm³/mol. The molecule has 4 fully saturated rings. The number of piperidine rings is 3. The van der Waals surface area contributed by atoms with Crippen molar-refractivity contribution in [3.63, 3.8) is 0 Å². The molecule has 0 amide bonds. The molecule has 34 heavy (non-hydrogen) atoms. The molecule has 1 aliphatic carbocycles. The zero-order valence-electron chi connectivity index (χ0n) is 20.0. The Labute approximate surface area is 202 Å². The Morgan fingerprint density at radius 3 is 2.41 bits per heavy atom. The Bertz CT molecular complexity index is 978. The molecule has 4 heterocycles. The first-order valence-electron chi connectivity index (χ1n) is 13.0. The highest BCUT2D eigenvalue weighted by Crippen LogP contribution is 2.42. The smallest absolute Gasteiger partial charge is 0.317 e. The molecule has 3 saturated heterocycles. The van der Waals surface area contributed by atoms with E-state index < -0.39 is 5.41 Å². The van der Waals surface area contributed by atoms with E-state index in [1.807, 2.05) is 18.2 Å². The number of carbonyl (C=O) groups excluding carboxylic acids is 2. The maximum atomic E-state index is 13.9. The molecule has 6 nitrogen and oxygen atoms in total. The molecule has 1 aromatic heterocycles. The van der Waals surface area contributed by atoms with Crippen molar-refractivity contribution in [2.24, 2.45) is 5.92 Å². The zero-order valence-corrected chi connectivity index (χ0v) is 20.0. The molecule has 1 saturated carbocycles. The number of ketones is 1.